The molecule has 1 aliphatic heterocycles. The van der Waals surface area contributed by atoms with Crippen LogP contribution in [0.4, 0.5) is 0 Å². The SMILES string of the molecule is CC(OCC1(c2ccccc2)CCNCC1)c1cccc(Br)c1.Cl. The van der Waals surface area contributed by atoms with E-state index in [1.807, 2.05) is 0 Å². The minimum atomic E-state index is 0. The molecule has 1 aliphatic rings. The van der Waals surface area contributed by atoms with Gasteiger partial charge in [0.1, 0.15) is 0 Å². The second kappa shape index (κ2) is 9.00. The molecular weight excluding hydrogens is 386 g/mol. The van der Waals surface area contributed by atoms with Crippen LogP contribution in [0.3, 0.4) is 0 Å². The zero-order chi connectivity index (χ0) is 16.1. The molecule has 2 nitrogen and oxygen atoms in total. The Hall–Kier alpha value is -0.870. The van der Waals surface area contributed by atoms with Gasteiger partial charge in [0.2, 0.25) is 0 Å². The molecule has 1 saturated heterocycles. The fourth-order valence-corrected chi connectivity index (χ4v) is 3.77. The van der Waals surface area contributed by atoms with E-state index in [1.54, 1.807) is 0 Å². The van der Waals surface area contributed by atoms with Gasteiger partial charge in [-0.25, -0.2) is 0 Å². The Bertz CT molecular complexity index is 629. The molecule has 0 amide bonds. The van der Waals surface area contributed by atoms with E-state index in [0.29, 0.717) is 0 Å². The van der Waals surface area contributed by atoms with Gasteiger partial charge < -0.3 is 10.1 Å². The first kappa shape index (κ1) is 19.5. The van der Waals surface area contributed by atoms with Gasteiger partial charge in [-0.05, 0) is 56.1 Å². The molecule has 0 saturated carbocycles. The molecular formula is C20H25BrClNO. The molecule has 3 rings (SSSR count). The summed E-state index contributed by atoms with van der Waals surface area (Å²) in [6.45, 7) is 5.03. The molecule has 1 unspecified atom stereocenters. The molecule has 0 spiro atoms. The van der Waals surface area contributed by atoms with Crippen LogP contribution in [0.15, 0.2) is 59.1 Å². The first-order chi connectivity index (χ1) is 11.2. The highest BCUT2D eigenvalue weighted by molar-refractivity contribution is 9.10. The lowest BCUT2D eigenvalue weighted by Crippen LogP contribution is -2.43. The average Bonchev–Trinajstić information content (AvgIpc) is 2.61. The third-order valence-electron chi connectivity index (χ3n) is 4.87. The van der Waals surface area contributed by atoms with E-state index in [4.69, 9.17) is 4.74 Å². The lowest BCUT2D eigenvalue weighted by atomic mass is 9.74. The summed E-state index contributed by atoms with van der Waals surface area (Å²) in [4.78, 5) is 0. The van der Waals surface area contributed by atoms with Gasteiger partial charge in [0, 0.05) is 9.89 Å². The number of halogens is 2. The van der Waals surface area contributed by atoms with Crippen LogP contribution in [0.25, 0.3) is 0 Å². The number of piperidine rings is 1. The molecule has 0 bridgehead atoms. The van der Waals surface area contributed by atoms with E-state index in [0.717, 1.165) is 37.0 Å². The Balaban J connectivity index is 0.00000208. The molecule has 0 radical (unpaired) electrons. The maximum atomic E-state index is 6.33. The van der Waals surface area contributed by atoms with Crippen LogP contribution in [0.2, 0.25) is 0 Å². The third kappa shape index (κ3) is 4.60. The standard InChI is InChI=1S/C20H24BrNO.ClH/c1-16(17-6-5-9-19(21)14-17)23-15-20(10-12-22-13-11-20)18-7-3-2-4-8-18;/h2-9,14,16,22H,10-13,15H2,1H3;1H. The summed E-state index contributed by atoms with van der Waals surface area (Å²) in [5, 5.41) is 3.47. The summed E-state index contributed by atoms with van der Waals surface area (Å²) >= 11 is 3.54. The summed E-state index contributed by atoms with van der Waals surface area (Å²) in [6, 6.07) is 19.2. The molecule has 4 heteroatoms. The van der Waals surface area contributed by atoms with E-state index in [9.17, 15) is 0 Å². The summed E-state index contributed by atoms with van der Waals surface area (Å²) < 4.78 is 7.43. The topological polar surface area (TPSA) is 21.3 Å². The Morgan fingerprint density at radius 3 is 2.46 bits per heavy atom. The number of hydrogen-bond donors (Lipinski definition) is 1. The summed E-state index contributed by atoms with van der Waals surface area (Å²) in [6.07, 6.45) is 2.35. The summed E-state index contributed by atoms with van der Waals surface area (Å²) in [5.74, 6) is 0. The zero-order valence-corrected chi connectivity index (χ0v) is 16.4. The number of benzene rings is 2. The van der Waals surface area contributed by atoms with Crippen LogP contribution in [0.1, 0.15) is 37.0 Å². The van der Waals surface area contributed by atoms with Crippen LogP contribution < -0.4 is 5.32 Å². The molecule has 1 atom stereocenters. The predicted molar refractivity (Wildman–Crippen MR) is 106 cm³/mol. The molecule has 1 fully saturated rings. The van der Waals surface area contributed by atoms with Gasteiger partial charge in [0.05, 0.1) is 12.7 Å². The molecule has 24 heavy (non-hydrogen) atoms. The Labute approximate surface area is 159 Å². The average molecular weight is 411 g/mol. The number of rotatable bonds is 5. The van der Waals surface area contributed by atoms with Crippen molar-refractivity contribution >= 4 is 28.3 Å². The quantitative estimate of drug-likeness (QED) is 0.725. The second-order valence-corrected chi connectivity index (χ2v) is 7.32. The molecule has 2 aromatic rings. The van der Waals surface area contributed by atoms with E-state index in [2.05, 4.69) is 82.8 Å². The van der Waals surface area contributed by atoms with E-state index >= 15 is 0 Å². The van der Waals surface area contributed by atoms with Crippen molar-refractivity contribution in [2.24, 2.45) is 0 Å². The highest BCUT2D eigenvalue weighted by atomic mass is 79.9. The normalized spacial score (nSPS) is 17.8. The first-order valence-corrected chi connectivity index (χ1v) is 9.12. The minimum Gasteiger partial charge on any atom is -0.373 e. The Morgan fingerprint density at radius 2 is 1.79 bits per heavy atom. The Morgan fingerprint density at radius 1 is 1.08 bits per heavy atom. The highest BCUT2D eigenvalue weighted by Gasteiger charge is 2.34. The second-order valence-electron chi connectivity index (χ2n) is 6.40. The molecule has 0 aliphatic carbocycles. The molecule has 1 heterocycles. The van der Waals surface area contributed by atoms with Crippen molar-refractivity contribution in [1.29, 1.82) is 0 Å². The highest BCUT2D eigenvalue weighted by Crippen LogP contribution is 2.35. The summed E-state index contributed by atoms with van der Waals surface area (Å²) in [7, 11) is 0. The predicted octanol–water partition coefficient (Wildman–Crippen LogP) is 5.27. The van der Waals surface area contributed by atoms with Gasteiger partial charge >= 0.3 is 0 Å². The smallest absolute Gasteiger partial charge is 0.0797 e. The summed E-state index contributed by atoms with van der Waals surface area (Å²) in [5.41, 5.74) is 2.76. The van der Waals surface area contributed by atoms with Crippen LogP contribution in [-0.4, -0.2) is 19.7 Å². The zero-order valence-electron chi connectivity index (χ0n) is 14.0. The minimum absolute atomic E-state index is 0. The van der Waals surface area contributed by atoms with Crippen LogP contribution in [0.5, 0.6) is 0 Å². The third-order valence-corrected chi connectivity index (χ3v) is 5.37. The van der Waals surface area contributed by atoms with E-state index < -0.39 is 0 Å². The van der Waals surface area contributed by atoms with Crippen molar-refractivity contribution in [3.8, 4) is 0 Å². The van der Waals surface area contributed by atoms with Gasteiger partial charge in [0.15, 0.2) is 0 Å². The number of hydrogen-bond acceptors (Lipinski definition) is 2. The van der Waals surface area contributed by atoms with Crippen molar-refractivity contribution in [3.63, 3.8) is 0 Å². The van der Waals surface area contributed by atoms with Gasteiger partial charge in [-0.1, -0.05) is 58.4 Å². The fraction of sp³-hybridized carbons (Fsp3) is 0.400. The lowest BCUT2D eigenvalue weighted by molar-refractivity contribution is 0.0166. The number of nitrogens with one attached hydrogen (secondary N) is 1. The molecule has 2 aromatic carbocycles. The van der Waals surface area contributed by atoms with Crippen LogP contribution in [-0.2, 0) is 10.2 Å². The van der Waals surface area contributed by atoms with Crippen LogP contribution in [0, 0.1) is 0 Å². The number of ether oxygens (including phenoxy) is 1. The van der Waals surface area contributed by atoms with Gasteiger partial charge in [-0.2, -0.15) is 0 Å². The van der Waals surface area contributed by atoms with Crippen LogP contribution >= 0.6 is 28.3 Å². The van der Waals surface area contributed by atoms with Gasteiger partial charge in [0.25, 0.3) is 0 Å². The molecule has 0 aromatic heterocycles. The van der Waals surface area contributed by atoms with Crippen molar-refractivity contribution in [3.05, 3.63) is 70.2 Å². The molecule has 1 N–H and O–H groups in total. The van der Waals surface area contributed by atoms with E-state index in [1.165, 1.54) is 11.1 Å². The largest absolute Gasteiger partial charge is 0.373 e. The van der Waals surface area contributed by atoms with Crippen molar-refractivity contribution < 1.29 is 4.74 Å². The van der Waals surface area contributed by atoms with Crippen molar-refractivity contribution in [1.82, 2.24) is 5.32 Å². The fourth-order valence-electron chi connectivity index (χ4n) is 3.35. The van der Waals surface area contributed by atoms with Crippen molar-refractivity contribution in [2.45, 2.75) is 31.3 Å². The van der Waals surface area contributed by atoms with Crippen molar-refractivity contribution in [2.75, 3.05) is 19.7 Å². The monoisotopic (exact) mass is 409 g/mol. The lowest BCUT2D eigenvalue weighted by Gasteiger charge is -2.38. The maximum Gasteiger partial charge on any atom is 0.0797 e. The van der Waals surface area contributed by atoms with E-state index in [-0.39, 0.29) is 23.9 Å². The maximum absolute atomic E-state index is 6.33. The Kier molecular flexibility index (Phi) is 7.30. The molecule has 130 valence electrons. The van der Waals surface area contributed by atoms with Gasteiger partial charge in [-0.3, -0.25) is 0 Å². The van der Waals surface area contributed by atoms with Gasteiger partial charge in [-0.15, -0.1) is 12.4 Å². The first-order valence-electron chi connectivity index (χ1n) is 8.33.